The largest absolute Gasteiger partial charge is 0.379 e. The van der Waals surface area contributed by atoms with Gasteiger partial charge in [-0.05, 0) is 25.8 Å². The number of urea groups is 1. The highest BCUT2D eigenvalue weighted by atomic mass is 16.5. The Bertz CT molecular complexity index is 297. The second kappa shape index (κ2) is 8.93. The molecule has 5 heteroatoms. The van der Waals surface area contributed by atoms with Gasteiger partial charge in [-0.25, -0.2) is 4.79 Å². The van der Waals surface area contributed by atoms with E-state index in [1.54, 1.807) is 6.20 Å². The first-order valence-electron chi connectivity index (χ1n) is 7.10. The molecule has 0 bridgehead atoms. The third-order valence-corrected chi connectivity index (χ3v) is 3.38. The molecule has 0 atom stereocenters. The van der Waals surface area contributed by atoms with Crippen molar-refractivity contribution >= 4 is 6.03 Å². The summed E-state index contributed by atoms with van der Waals surface area (Å²) >= 11 is 0. The first-order chi connectivity index (χ1) is 9.09. The average Bonchev–Trinajstić information content (AvgIpc) is 2.42. The Morgan fingerprint density at radius 3 is 2.68 bits per heavy atom. The van der Waals surface area contributed by atoms with Crippen molar-refractivity contribution in [2.75, 3.05) is 39.4 Å². The minimum atomic E-state index is -0.123. The number of carbonyl (C=O) groups is 1. The number of amides is 2. The smallest absolute Gasteiger partial charge is 0.318 e. The van der Waals surface area contributed by atoms with E-state index >= 15 is 0 Å². The molecule has 1 aliphatic rings. The Balaban J connectivity index is 2.05. The summed E-state index contributed by atoms with van der Waals surface area (Å²) < 4.78 is 5.29. The molecule has 0 aliphatic carbocycles. The van der Waals surface area contributed by atoms with E-state index in [2.05, 4.69) is 29.4 Å². The number of nitrogens with zero attached hydrogens (tertiary/aromatic N) is 1. The van der Waals surface area contributed by atoms with Gasteiger partial charge in [0.1, 0.15) is 0 Å². The van der Waals surface area contributed by atoms with Crippen molar-refractivity contribution in [2.24, 2.45) is 5.92 Å². The maximum Gasteiger partial charge on any atom is 0.318 e. The van der Waals surface area contributed by atoms with Crippen LogP contribution in [0.25, 0.3) is 0 Å². The predicted molar refractivity (Wildman–Crippen MR) is 77.0 cm³/mol. The van der Waals surface area contributed by atoms with Crippen molar-refractivity contribution in [2.45, 2.75) is 27.2 Å². The van der Waals surface area contributed by atoms with Crippen LogP contribution in [-0.2, 0) is 4.74 Å². The van der Waals surface area contributed by atoms with Crippen molar-refractivity contribution < 1.29 is 9.53 Å². The van der Waals surface area contributed by atoms with Crippen molar-refractivity contribution in [1.82, 2.24) is 15.5 Å². The van der Waals surface area contributed by atoms with Gasteiger partial charge in [-0.2, -0.15) is 0 Å². The molecule has 1 heterocycles. The summed E-state index contributed by atoms with van der Waals surface area (Å²) in [6, 6.07) is -0.123. The minimum absolute atomic E-state index is 0.123. The van der Waals surface area contributed by atoms with E-state index in [0.29, 0.717) is 12.5 Å². The molecule has 0 unspecified atom stereocenters. The molecule has 0 aromatic carbocycles. The first-order valence-corrected chi connectivity index (χ1v) is 7.10. The third-order valence-electron chi connectivity index (χ3n) is 3.38. The van der Waals surface area contributed by atoms with Gasteiger partial charge in [0.05, 0.1) is 13.2 Å². The molecule has 0 aromatic heterocycles. The van der Waals surface area contributed by atoms with Gasteiger partial charge < -0.3 is 15.4 Å². The number of hydrogen-bond acceptors (Lipinski definition) is 3. The monoisotopic (exact) mass is 269 g/mol. The molecule has 0 radical (unpaired) electrons. The zero-order valence-electron chi connectivity index (χ0n) is 12.4. The maximum absolute atomic E-state index is 11.5. The summed E-state index contributed by atoms with van der Waals surface area (Å²) in [6.07, 6.45) is 2.75. The van der Waals surface area contributed by atoms with Crippen LogP contribution < -0.4 is 10.6 Å². The third kappa shape index (κ3) is 7.18. The Morgan fingerprint density at radius 1 is 1.37 bits per heavy atom. The fraction of sp³-hybridized carbons (Fsp3) is 0.786. The van der Waals surface area contributed by atoms with Gasteiger partial charge >= 0.3 is 6.03 Å². The van der Waals surface area contributed by atoms with Gasteiger partial charge in [-0.1, -0.05) is 19.4 Å². The van der Waals surface area contributed by atoms with E-state index in [0.717, 1.165) is 39.3 Å². The lowest BCUT2D eigenvalue weighted by molar-refractivity contribution is 0.0375. The van der Waals surface area contributed by atoms with Crippen LogP contribution in [0.3, 0.4) is 0 Å². The summed E-state index contributed by atoms with van der Waals surface area (Å²) in [5.41, 5.74) is 1.17. The molecular weight excluding hydrogens is 242 g/mol. The van der Waals surface area contributed by atoms with E-state index in [1.807, 2.05) is 6.92 Å². The fourth-order valence-electron chi connectivity index (χ4n) is 1.73. The molecule has 1 rings (SSSR count). The van der Waals surface area contributed by atoms with Gasteiger partial charge in [0, 0.05) is 25.8 Å². The van der Waals surface area contributed by atoms with Crippen LogP contribution in [0, 0.1) is 5.92 Å². The molecule has 1 saturated heterocycles. The van der Waals surface area contributed by atoms with Gasteiger partial charge in [0.15, 0.2) is 0 Å². The predicted octanol–water partition coefficient (Wildman–Crippen LogP) is 1.57. The lowest BCUT2D eigenvalue weighted by Gasteiger charge is -2.26. The normalized spacial score (nSPS) is 17.6. The summed E-state index contributed by atoms with van der Waals surface area (Å²) in [5.74, 6) is 0.460. The van der Waals surface area contributed by atoms with Gasteiger partial charge in [0.2, 0.25) is 0 Å². The topological polar surface area (TPSA) is 53.6 Å². The fourth-order valence-corrected chi connectivity index (χ4v) is 1.73. The first kappa shape index (κ1) is 16.0. The number of ether oxygens (including phenoxy) is 1. The molecule has 0 aromatic rings. The summed E-state index contributed by atoms with van der Waals surface area (Å²) in [7, 11) is 0. The highest BCUT2D eigenvalue weighted by molar-refractivity contribution is 5.74. The molecule has 5 nitrogen and oxygen atoms in total. The van der Waals surface area contributed by atoms with E-state index in [4.69, 9.17) is 4.74 Å². The van der Waals surface area contributed by atoms with E-state index in [1.165, 1.54) is 5.57 Å². The Morgan fingerprint density at radius 2 is 2.05 bits per heavy atom. The molecule has 110 valence electrons. The molecule has 19 heavy (non-hydrogen) atoms. The number of morpholine rings is 1. The van der Waals surface area contributed by atoms with Crippen LogP contribution >= 0.6 is 0 Å². The highest BCUT2D eigenvalue weighted by Crippen LogP contribution is 2.05. The number of hydrogen-bond donors (Lipinski definition) is 2. The Kier molecular flexibility index (Phi) is 7.52. The maximum atomic E-state index is 11.5. The molecule has 1 aliphatic heterocycles. The van der Waals surface area contributed by atoms with Gasteiger partial charge in [-0.3, -0.25) is 4.90 Å². The molecular formula is C14H27N3O2. The van der Waals surface area contributed by atoms with Crippen LogP contribution in [0.1, 0.15) is 27.2 Å². The van der Waals surface area contributed by atoms with Crippen molar-refractivity contribution in [3.05, 3.63) is 11.8 Å². The average molecular weight is 269 g/mol. The van der Waals surface area contributed by atoms with Crippen LogP contribution in [0.4, 0.5) is 4.79 Å². The SMILES string of the molecule is C/C(=C\NC(=O)NCCCN1CCOCC1)C(C)C. The molecule has 2 amide bonds. The van der Waals surface area contributed by atoms with Gasteiger partial charge in [0.25, 0.3) is 0 Å². The second-order valence-corrected chi connectivity index (χ2v) is 5.25. The Labute approximate surface area is 116 Å². The number of allylic oxidation sites excluding steroid dienone is 1. The number of nitrogens with one attached hydrogen (secondary N) is 2. The number of rotatable bonds is 6. The molecule has 1 fully saturated rings. The van der Waals surface area contributed by atoms with Crippen LogP contribution in [0.15, 0.2) is 11.8 Å². The van der Waals surface area contributed by atoms with Gasteiger partial charge in [-0.15, -0.1) is 0 Å². The summed E-state index contributed by atoms with van der Waals surface area (Å²) in [5, 5.41) is 5.62. The lowest BCUT2D eigenvalue weighted by Crippen LogP contribution is -2.39. The lowest BCUT2D eigenvalue weighted by atomic mass is 10.1. The van der Waals surface area contributed by atoms with E-state index in [-0.39, 0.29) is 6.03 Å². The molecule has 0 saturated carbocycles. The standard InChI is InChI=1S/C14H27N3O2/c1-12(2)13(3)11-16-14(18)15-5-4-6-17-7-9-19-10-8-17/h11-12H,4-10H2,1-3H3,(H2,15,16,18)/b13-11+. The quantitative estimate of drug-likeness (QED) is 0.720. The minimum Gasteiger partial charge on any atom is -0.379 e. The Hall–Kier alpha value is -1.07. The number of carbonyl (C=O) groups excluding carboxylic acids is 1. The van der Waals surface area contributed by atoms with E-state index in [9.17, 15) is 4.79 Å². The van der Waals surface area contributed by atoms with Crippen molar-refractivity contribution in [3.63, 3.8) is 0 Å². The molecule has 2 N–H and O–H groups in total. The van der Waals surface area contributed by atoms with Crippen LogP contribution in [-0.4, -0.2) is 50.3 Å². The highest BCUT2D eigenvalue weighted by Gasteiger charge is 2.09. The summed E-state index contributed by atoms with van der Waals surface area (Å²) in [6.45, 7) is 11.6. The van der Waals surface area contributed by atoms with E-state index < -0.39 is 0 Å². The van der Waals surface area contributed by atoms with Crippen LogP contribution in [0.2, 0.25) is 0 Å². The zero-order valence-corrected chi connectivity index (χ0v) is 12.4. The van der Waals surface area contributed by atoms with Crippen molar-refractivity contribution in [1.29, 1.82) is 0 Å². The second-order valence-electron chi connectivity index (χ2n) is 5.25. The molecule has 0 spiro atoms. The zero-order chi connectivity index (χ0) is 14.1. The van der Waals surface area contributed by atoms with Crippen molar-refractivity contribution in [3.8, 4) is 0 Å². The summed E-state index contributed by atoms with van der Waals surface area (Å²) in [4.78, 5) is 13.9. The van der Waals surface area contributed by atoms with Crippen LogP contribution in [0.5, 0.6) is 0 Å².